The van der Waals surface area contributed by atoms with Crippen LogP contribution in [0.2, 0.25) is 0 Å². The number of rotatable bonds is 5. The summed E-state index contributed by atoms with van der Waals surface area (Å²) in [4.78, 5) is 4.61. The van der Waals surface area contributed by atoms with E-state index in [-0.39, 0.29) is 11.9 Å². The lowest BCUT2D eigenvalue weighted by Gasteiger charge is -2.17. The minimum Gasteiger partial charge on any atom is -0.591 e. The Hall–Kier alpha value is -1.96. The summed E-state index contributed by atoms with van der Waals surface area (Å²) in [5.74, 6) is 1.31. The molecule has 148 valence electrons. The lowest BCUT2D eigenvalue weighted by molar-refractivity contribution is 0.252. The molecule has 1 saturated carbocycles. The summed E-state index contributed by atoms with van der Waals surface area (Å²) < 4.78 is 35.4. The van der Waals surface area contributed by atoms with Gasteiger partial charge in [0.1, 0.15) is 28.0 Å². The van der Waals surface area contributed by atoms with E-state index in [1.165, 1.54) is 12.1 Å². The van der Waals surface area contributed by atoms with Crippen LogP contribution in [0.15, 0.2) is 40.8 Å². The molecule has 2 heterocycles. The zero-order valence-corrected chi connectivity index (χ0v) is 17.0. The minimum atomic E-state index is -1.35. The van der Waals surface area contributed by atoms with Crippen LogP contribution < -0.4 is 10.1 Å². The first-order valence-corrected chi connectivity index (χ1v) is 10.5. The molecule has 0 amide bonds. The van der Waals surface area contributed by atoms with Crippen LogP contribution in [0.25, 0.3) is 11.3 Å². The normalized spacial score (nSPS) is 25.0. The molecule has 1 aromatic heterocycles. The van der Waals surface area contributed by atoms with E-state index in [0.29, 0.717) is 23.4 Å². The Labute approximate surface area is 167 Å². The van der Waals surface area contributed by atoms with E-state index in [2.05, 4.69) is 14.7 Å². The van der Waals surface area contributed by atoms with Crippen molar-refractivity contribution in [1.82, 2.24) is 10.3 Å². The molecular formula is C21H24FN3O2S. The Kier molecular flexibility index (Phi) is 5.16. The van der Waals surface area contributed by atoms with Gasteiger partial charge < -0.3 is 14.6 Å². The van der Waals surface area contributed by atoms with Gasteiger partial charge in [-0.15, -0.1) is 0 Å². The third-order valence-corrected chi connectivity index (χ3v) is 6.40. The lowest BCUT2D eigenvalue weighted by atomic mass is 10.1. The molecule has 0 radical (unpaired) electrons. The average Bonchev–Trinajstić information content (AvgIpc) is 3.07. The average molecular weight is 402 g/mol. The zero-order chi connectivity index (χ0) is 19.9. The summed E-state index contributed by atoms with van der Waals surface area (Å²) in [6.07, 6.45) is 1.78. The summed E-state index contributed by atoms with van der Waals surface area (Å²) in [6.45, 7) is 7.60. The first kappa shape index (κ1) is 19.4. The molecule has 28 heavy (non-hydrogen) atoms. The third-order valence-electron chi connectivity index (χ3n) is 5.06. The summed E-state index contributed by atoms with van der Waals surface area (Å²) >= 11 is -1.35. The number of halogens is 1. The van der Waals surface area contributed by atoms with E-state index in [0.717, 1.165) is 24.2 Å². The van der Waals surface area contributed by atoms with E-state index in [1.54, 1.807) is 18.3 Å². The quantitative estimate of drug-likeness (QED) is 0.616. The molecule has 1 aromatic carbocycles. The van der Waals surface area contributed by atoms with Crippen LogP contribution in [0, 0.1) is 17.7 Å². The van der Waals surface area contributed by atoms with E-state index in [4.69, 9.17) is 4.74 Å². The zero-order valence-electron chi connectivity index (χ0n) is 16.2. The molecule has 4 atom stereocenters. The van der Waals surface area contributed by atoms with Gasteiger partial charge in [-0.25, -0.2) is 9.37 Å². The van der Waals surface area contributed by atoms with Crippen molar-refractivity contribution < 1.29 is 13.7 Å². The molecule has 0 spiro atoms. The number of hydrogen-bond donors (Lipinski definition) is 1. The molecule has 7 heteroatoms. The van der Waals surface area contributed by atoms with Crippen molar-refractivity contribution in [2.75, 3.05) is 13.1 Å². The monoisotopic (exact) mass is 401 g/mol. The van der Waals surface area contributed by atoms with Crippen LogP contribution in [0.4, 0.5) is 4.39 Å². The van der Waals surface area contributed by atoms with Crippen molar-refractivity contribution in [3.8, 4) is 17.1 Å². The van der Waals surface area contributed by atoms with Crippen molar-refractivity contribution in [2.24, 2.45) is 16.2 Å². The summed E-state index contributed by atoms with van der Waals surface area (Å²) in [5.41, 5.74) is 2.21. The number of piperidine rings is 1. The van der Waals surface area contributed by atoms with E-state index < -0.39 is 16.1 Å². The molecule has 1 unspecified atom stereocenters. The molecule has 4 rings (SSSR count). The number of aromatic nitrogens is 1. The highest BCUT2D eigenvalue weighted by molar-refractivity contribution is 7.91. The van der Waals surface area contributed by atoms with Crippen molar-refractivity contribution in [3.05, 3.63) is 47.8 Å². The fraction of sp³-hybridized carbons (Fsp3) is 0.429. The third kappa shape index (κ3) is 4.21. The van der Waals surface area contributed by atoms with Gasteiger partial charge >= 0.3 is 0 Å². The van der Waals surface area contributed by atoms with Gasteiger partial charge in [-0.2, -0.15) is 0 Å². The fourth-order valence-electron chi connectivity index (χ4n) is 3.37. The highest BCUT2D eigenvalue weighted by atomic mass is 32.2. The van der Waals surface area contributed by atoms with Crippen molar-refractivity contribution >= 4 is 17.6 Å². The first-order chi connectivity index (χ1) is 13.3. The molecule has 5 nitrogen and oxygen atoms in total. The predicted molar refractivity (Wildman–Crippen MR) is 109 cm³/mol. The number of benzene rings is 1. The number of fused-ring (bicyclic) bond motifs is 1. The molecule has 1 aliphatic heterocycles. The van der Waals surface area contributed by atoms with Crippen LogP contribution in [0.1, 0.15) is 26.3 Å². The van der Waals surface area contributed by atoms with Gasteiger partial charge in [0.05, 0.1) is 11.9 Å². The fourth-order valence-corrected chi connectivity index (χ4v) is 3.91. The van der Waals surface area contributed by atoms with Gasteiger partial charge in [-0.1, -0.05) is 4.40 Å². The molecule has 1 N–H and O–H groups in total. The maximum absolute atomic E-state index is 13.3. The maximum Gasteiger partial charge on any atom is 0.214 e. The van der Waals surface area contributed by atoms with E-state index in [1.807, 2.05) is 32.9 Å². The molecule has 0 bridgehead atoms. The SMILES string of the molecule is CC(C)(C)[S+]([O-])/N=C\c1cc(O[C@@H]2[C@@H]3CNC[C@@H]32)nc(-c2ccc(F)cc2)c1. The van der Waals surface area contributed by atoms with Crippen LogP contribution in [-0.4, -0.2) is 39.7 Å². The Bertz CT molecular complexity index is 872. The van der Waals surface area contributed by atoms with Crippen molar-refractivity contribution in [1.29, 1.82) is 0 Å². The summed E-state index contributed by atoms with van der Waals surface area (Å²) in [6, 6.07) is 9.85. The molecule has 1 saturated heterocycles. The highest BCUT2D eigenvalue weighted by Crippen LogP contribution is 2.44. The molecular weight excluding hydrogens is 377 g/mol. The first-order valence-electron chi connectivity index (χ1n) is 9.43. The molecule has 2 fully saturated rings. The van der Waals surface area contributed by atoms with Gasteiger partial charge in [0.2, 0.25) is 5.88 Å². The Morgan fingerprint density at radius 3 is 2.54 bits per heavy atom. The number of ether oxygens (including phenoxy) is 1. The summed E-state index contributed by atoms with van der Waals surface area (Å²) in [7, 11) is 0. The van der Waals surface area contributed by atoms with Gasteiger partial charge in [-0.05, 0) is 51.1 Å². The van der Waals surface area contributed by atoms with Crippen LogP contribution in [0.5, 0.6) is 5.88 Å². The Balaban J connectivity index is 1.62. The van der Waals surface area contributed by atoms with E-state index >= 15 is 0 Å². The molecule has 2 aliphatic rings. The standard InChI is InChI=1S/C21H24FN3O2S/c1-21(2,3)28(26)24-10-13-8-18(14-4-6-15(22)7-5-14)25-19(9-13)27-20-16-11-23-12-17(16)20/h4-10,16-17,20,23H,11-12H2,1-3H3/b24-10-/t16-,17+,20-,28?. The van der Waals surface area contributed by atoms with Crippen LogP contribution in [-0.2, 0) is 11.4 Å². The second kappa shape index (κ2) is 7.46. The smallest absolute Gasteiger partial charge is 0.214 e. The number of nitrogens with zero attached hydrogens (tertiary/aromatic N) is 2. The highest BCUT2D eigenvalue weighted by Gasteiger charge is 2.55. The van der Waals surface area contributed by atoms with E-state index in [9.17, 15) is 8.94 Å². The number of nitrogens with one attached hydrogen (secondary N) is 1. The lowest BCUT2D eigenvalue weighted by Crippen LogP contribution is -2.25. The molecule has 2 aromatic rings. The second-order valence-corrected chi connectivity index (χ2v) is 10.2. The summed E-state index contributed by atoms with van der Waals surface area (Å²) in [5, 5.41) is 3.35. The van der Waals surface area contributed by atoms with Crippen LogP contribution in [0.3, 0.4) is 0 Å². The number of hydrogen-bond acceptors (Lipinski definition) is 5. The van der Waals surface area contributed by atoms with Gasteiger partial charge in [0, 0.05) is 42.1 Å². The maximum atomic E-state index is 13.3. The minimum absolute atomic E-state index is 0.186. The topological polar surface area (TPSA) is 69.6 Å². The van der Waals surface area contributed by atoms with Gasteiger partial charge in [0.25, 0.3) is 0 Å². The van der Waals surface area contributed by atoms with Gasteiger partial charge in [0.15, 0.2) is 0 Å². The predicted octanol–water partition coefficient (Wildman–Crippen LogP) is 3.37. The van der Waals surface area contributed by atoms with Gasteiger partial charge in [-0.3, -0.25) is 0 Å². The number of pyridine rings is 1. The second-order valence-electron chi connectivity index (χ2n) is 8.30. The molecule has 1 aliphatic carbocycles. The van der Waals surface area contributed by atoms with Crippen molar-refractivity contribution in [3.63, 3.8) is 0 Å². The van der Waals surface area contributed by atoms with Crippen LogP contribution >= 0.6 is 0 Å². The van der Waals surface area contributed by atoms with Crippen molar-refractivity contribution in [2.45, 2.75) is 31.6 Å². The largest absolute Gasteiger partial charge is 0.591 e. The Morgan fingerprint density at radius 1 is 1.21 bits per heavy atom. The Morgan fingerprint density at radius 2 is 1.89 bits per heavy atom.